The zero-order chi connectivity index (χ0) is 16.9. The first-order valence-corrected chi connectivity index (χ1v) is 7.92. The number of nitro groups is 1. The van der Waals surface area contributed by atoms with Gasteiger partial charge in [-0.1, -0.05) is 6.07 Å². The molecule has 0 radical (unpaired) electrons. The van der Waals surface area contributed by atoms with Gasteiger partial charge in [0.05, 0.1) is 16.3 Å². The highest BCUT2D eigenvalue weighted by Gasteiger charge is 2.08. The lowest BCUT2D eigenvalue weighted by atomic mass is 10.1. The molecule has 1 aromatic carbocycles. The molecule has 3 rings (SSSR count). The molecular weight excluding hydrogens is 326 g/mol. The average molecular weight is 339 g/mol. The van der Waals surface area contributed by atoms with Gasteiger partial charge in [0, 0.05) is 41.0 Å². The molecule has 0 saturated carbocycles. The molecule has 120 valence electrons. The van der Waals surface area contributed by atoms with Crippen molar-refractivity contribution >= 4 is 27.9 Å². The van der Waals surface area contributed by atoms with Crippen molar-refractivity contribution in [2.75, 3.05) is 5.43 Å². The van der Waals surface area contributed by atoms with E-state index in [2.05, 4.69) is 20.5 Å². The number of aromatic nitrogens is 2. The molecule has 7 nitrogen and oxygen atoms in total. The first-order chi connectivity index (χ1) is 11.6. The Kier molecular flexibility index (Phi) is 4.57. The Hall–Kier alpha value is -3.13. The van der Waals surface area contributed by atoms with Crippen molar-refractivity contribution in [2.45, 2.75) is 6.92 Å². The van der Waals surface area contributed by atoms with Gasteiger partial charge in [-0.25, -0.2) is 4.98 Å². The van der Waals surface area contributed by atoms with Crippen LogP contribution in [-0.4, -0.2) is 20.6 Å². The molecule has 0 fully saturated rings. The Balaban J connectivity index is 1.72. The largest absolute Gasteiger partial charge is 0.269 e. The Morgan fingerprint density at radius 1 is 1.29 bits per heavy atom. The van der Waals surface area contributed by atoms with Crippen LogP contribution in [0.15, 0.2) is 59.3 Å². The first kappa shape index (κ1) is 15.8. The average Bonchev–Trinajstić information content (AvgIpc) is 3.09. The van der Waals surface area contributed by atoms with E-state index in [4.69, 9.17) is 0 Å². The summed E-state index contributed by atoms with van der Waals surface area (Å²) in [6.45, 7) is 1.88. The maximum Gasteiger partial charge on any atom is 0.269 e. The van der Waals surface area contributed by atoms with E-state index >= 15 is 0 Å². The predicted octanol–water partition coefficient (Wildman–Crippen LogP) is 3.95. The van der Waals surface area contributed by atoms with E-state index in [-0.39, 0.29) is 5.69 Å². The van der Waals surface area contributed by atoms with Gasteiger partial charge in [0.1, 0.15) is 0 Å². The molecule has 0 bridgehead atoms. The molecule has 24 heavy (non-hydrogen) atoms. The Bertz CT molecular complexity index is 875. The van der Waals surface area contributed by atoms with Crippen LogP contribution in [0.3, 0.4) is 0 Å². The molecule has 8 heteroatoms. The van der Waals surface area contributed by atoms with Crippen molar-refractivity contribution in [1.29, 1.82) is 0 Å². The predicted molar refractivity (Wildman–Crippen MR) is 94.3 cm³/mol. The van der Waals surface area contributed by atoms with Crippen molar-refractivity contribution in [2.24, 2.45) is 5.10 Å². The van der Waals surface area contributed by atoms with Crippen LogP contribution in [0.4, 0.5) is 10.8 Å². The number of hydrogen-bond donors (Lipinski definition) is 1. The fraction of sp³-hybridized carbons (Fsp3) is 0.0625. The zero-order valence-corrected chi connectivity index (χ0v) is 13.5. The number of thiazole rings is 1. The topological polar surface area (TPSA) is 93.3 Å². The summed E-state index contributed by atoms with van der Waals surface area (Å²) in [5, 5.41) is 17.5. The molecule has 3 aromatic rings. The summed E-state index contributed by atoms with van der Waals surface area (Å²) in [7, 11) is 0. The van der Waals surface area contributed by atoms with Crippen molar-refractivity contribution in [1.82, 2.24) is 9.97 Å². The highest BCUT2D eigenvalue weighted by Crippen LogP contribution is 2.26. The summed E-state index contributed by atoms with van der Waals surface area (Å²) in [5.41, 5.74) is 6.27. The number of non-ortho nitro benzene ring substituents is 1. The minimum absolute atomic E-state index is 0.0593. The van der Waals surface area contributed by atoms with Crippen molar-refractivity contribution in [3.05, 3.63) is 69.8 Å². The molecular formula is C16H13N5O2S. The third-order valence-corrected chi connectivity index (χ3v) is 4.02. The summed E-state index contributed by atoms with van der Waals surface area (Å²) in [5.74, 6) is 0. The van der Waals surface area contributed by atoms with Crippen LogP contribution >= 0.6 is 11.3 Å². The lowest BCUT2D eigenvalue weighted by Crippen LogP contribution is -1.99. The molecule has 2 aromatic heterocycles. The number of rotatable bonds is 5. The second-order valence-corrected chi connectivity index (χ2v) is 5.75. The fourth-order valence-corrected chi connectivity index (χ4v) is 2.65. The van der Waals surface area contributed by atoms with Gasteiger partial charge in [0.15, 0.2) is 0 Å². The monoisotopic (exact) mass is 339 g/mol. The van der Waals surface area contributed by atoms with Crippen molar-refractivity contribution < 1.29 is 4.92 Å². The van der Waals surface area contributed by atoms with Gasteiger partial charge in [-0.3, -0.25) is 20.5 Å². The number of nitrogens with one attached hydrogen (secondary N) is 1. The van der Waals surface area contributed by atoms with E-state index in [1.165, 1.54) is 23.5 Å². The number of nitrogens with zero attached hydrogens (tertiary/aromatic N) is 4. The molecule has 0 aliphatic carbocycles. The standard InChI is InChI=1S/C16H13N5O2S/c1-11(13-3-2-8-17-9-13)19-20-16-18-15(10-24-16)12-4-6-14(7-5-12)21(22)23/h2-10H,1H3,(H,18,20)/b19-11-. The molecule has 0 aliphatic rings. The number of benzene rings is 1. The van der Waals surface area contributed by atoms with E-state index < -0.39 is 4.92 Å². The molecule has 0 spiro atoms. The van der Waals surface area contributed by atoms with E-state index in [1.807, 2.05) is 24.4 Å². The lowest BCUT2D eigenvalue weighted by molar-refractivity contribution is -0.384. The van der Waals surface area contributed by atoms with E-state index in [9.17, 15) is 10.1 Å². The molecule has 0 unspecified atom stereocenters. The van der Waals surface area contributed by atoms with Gasteiger partial charge in [-0.15, -0.1) is 11.3 Å². The number of pyridine rings is 1. The molecule has 0 amide bonds. The third kappa shape index (κ3) is 3.61. The molecule has 0 aliphatic heterocycles. The van der Waals surface area contributed by atoms with Gasteiger partial charge < -0.3 is 0 Å². The lowest BCUT2D eigenvalue weighted by Gasteiger charge is -2.00. The Labute approximate surface area is 141 Å². The second-order valence-electron chi connectivity index (χ2n) is 4.89. The van der Waals surface area contributed by atoms with Crippen LogP contribution in [0, 0.1) is 10.1 Å². The highest BCUT2D eigenvalue weighted by molar-refractivity contribution is 7.14. The summed E-state index contributed by atoms with van der Waals surface area (Å²) in [4.78, 5) is 18.7. The normalized spacial score (nSPS) is 11.3. The summed E-state index contributed by atoms with van der Waals surface area (Å²) in [6.07, 6.45) is 3.45. The van der Waals surface area contributed by atoms with Gasteiger partial charge in [-0.05, 0) is 25.1 Å². The number of hydrogen-bond acceptors (Lipinski definition) is 7. The van der Waals surface area contributed by atoms with Gasteiger partial charge in [-0.2, -0.15) is 5.10 Å². The molecule has 2 heterocycles. The number of anilines is 1. The van der Waals surface area contributed by atoms with Crippen LogP contribution < -0.4 is 5.43 Å². The quantitative estimate of drug-likeness (QED) is 0.431. The third-order valence-electron chi connectivity index (χ3n) is 3.28. The van der Waals surface area contributed by atoms with Gasteiger partial charge in [0.2, 0.25) is 5.13 Å². The number of hydrazone groups is 1. The zero-order valence-electron chi connectivity index (χ0n) is 12.7. The minimum atomic E-state index is -0.423. The minimum Gasteiger partial charge on any atom is -0.264 e. The molecule has 0 saturated heterocycles. The van der Waals surface area contributed by atoms with Crippen LogP contribution in [-0.2, 0) is 0 Å². The molecule has 1 N–H and O–H groups in total. The maximum atomic E-state index is 10.7. The van der Waals surface area contributed by atoms with Gasteiger partial charge >= 0.3 is 0 Å². The maximum absolute atomic E-state index is 10.7. The summed E-state index contributed by atoms with van der Waals surface area (Å²) in [6, 6.07) is 10.1. The Morgan fingerprint density at radius 2 is 2.08 bits per heavy atom. The number of nitro benzene ring substituents is 1. The molecule has 0 atom stereocenters. The fourth-order valence-electron chi connectivity index (χ4n) is 1.98. The first-order valence-electron chi connectivity index (χ1n) is 7.04. The smallest absolute Gasteiger partial charge is 0.264 e. The van der Waals surface area contributed by atoms with Crippen molar-refractivity contribution in [3.63, 3.8) is 0 Å². The van der Waals surface area contributed by atoms with E-state index in [0.29, 0.717) is 5.13 Å². The SMILES string of the molecule is C/C(=N/Nc1nc(-c2ccc([N+](=O)[O-])cc2)cs1)c1cccnc1. The van der Waals surface area contributed by atoms with Crippen LogP contribution in [0.1, 0.15) is 12.5 Å². The van der Waals surface area contributed by atoms with Crippen LogP contribution in [0.2, 0.25) is 0 Å². The van der Waals surface area contributed by atoms with Gasteiger partial charge in [0.25, 0.3) is 5.69 Å². The summed E-state index contributed by atoms with van der Waals surface area (Å²) >= 11 is 1.41. The van der Waals surface area contributed by atoms with E-state index in [1.54, 1.807) is 24.5 Å². The highest BCUT2D eigenvalue weighted by atomic mass is 32.1. The second kappa shape index (κ2) is 6.97. The van der Waals surface area contributed by atoms with E-state index in [0.717, 1.165) is 22.5 Å². The van der Waals surface area contributed by atoms with Crippen LogP contribution in [0.5, 0.6) is 0 Å². The van der Waals surface area contributed by atoms with Crippen LogP contribution in [0.25, 0.3) is 11.3 Å². The Morgan fingerprint density at radius 3 is 2.75 bits per heavy atom. The van der Waals surface area contributed by atoms with Crippen molar-refractivity contribution in [3.8, 4) is 11.3 Å². The summed E-state index contributed by atoms with van der Waals surface area (Å²) < 4.78 is 0.